The van der Waals surface area contributed by atoms with Crippen LogP contribution < -0.4 is 5.01 Å². The van der Waals surface area contributed by atoms with Crippen LogP contribution in [0.15, 0.2) is 82.8 Å². The number of carbonyl (C=O) groups excluding carboxylic acids is 1. The highest BCUT2D eigenvalue weighted by Gasteiger charge is 2.30. The van der Waals surface area contributed by atoms with Crippen molar-refractivity contribution >= 4 is 39.0 Å². The maximum absolute atomic E-state index is 13.1. The number of esters is 1. The summed E-state index contributed by atoms with van der Waals surface area (Å²) in [5, 5.41) is 7.57. The zero-order valence-corrected chi connectivity index (χ0v) is 23.4. The summed E-state index contributed by atoms with van der Waals surface area (Å²) >= 11 is 6.09. The Morgan fingerprint density at radius 3 is 2.29 bits per heavy atom. The molecule has 0 radical (unpaired) electrons. The van der Waals surface area contributed by atoms with E-state index in [1.54, 1.807) is 31.2 Å². The standard InChI is InChI=1S/C29H32ClN3O4S/c1-4-21-6-8-23(9-7-21)28-20-27(22-10-12-24(30)13-11-22)31-33(28)25-14-16-26(17-15-25)38(35,36)32(3)18-19-37-29(34)5-2/h6-17,28H,4-5,18-20H2,1-3H3. The van der Waals surface area contributed by atoms with E-state index in [0.717, 1.165) is 28.9 Å². The molecule has 0 spiro atoms. The molecule has 0 aromatic heterocycles. The quantitative estimate of drug-likeness (QED) is 0.295. The number of sulfonamides is 1. The first kappa shape index (κ1) is 27.8. The molecule has 200 valence electrons. The molecule has 3 aromatic rings. The third kappa shape index (κ3) is 6.26. The molecule has 38 heavy (non-hydrogen) atoms. The van der Waals surface area contributed by atoms with Crippen molar-refractivity contribution in [3.8, 4) is 0 Å². The Hall–Kier alpha value is -3.20. The fourth-order valence-corrected chi connectivity index (χ4v) is 5.54. The third-order valence-corrected chi connectivity index (χ3v) is 8.75. The molecule has 0 fully saturated rings. The predicted molar refractivity (Wildman–Crippen MR) is 151 cm³/mol. The van der Waals surface area contributed by atoms with Crippen LogP contribution in [0, 0.1) is 0 Å². The fraction of sp³-hybridized carbons (Fsp3) is 0.310. The van der Waals surface area contributed by atoms with Gasteiger partial charge in [-0.1, -0.05) is 61.8 Å². The van der Waals surface area contributed by atoms with Gasteiger partial charge in [-0.3, -0.25) is 9.80 Å². The van der Waals surface area contributed by atoms with Crippen molar-refractivity contribution < 1.29 is 17.9 Å². The van der Waals surface area contributed by atoms with Crippen molar-refractivity contribution in [2.75, 3.05) is 25.2 Å². The number of ether oxygens (including phenoxy) is 1. The van der Waals surface area contributed by atoms with E-state index in [1.165, 1.54) is 16.9 Å². The van der Waals surface area contributed by atoms with Crippen LogP contribution in [0.5, 0.6) is 0 Å². The van der Waals surface area contributed by atoms with Gasteiger partial charge in [-0.05, 0) is 59.5 Å². The van der Waals surface area contributed by atoms with E-state index >= 15 is 0 Å². The van der Waals surface area contributed by atoms with E-state index in [0.29, 0.717) is 11.4 Å². The second-order valence-electron chi connectivity index (χ2n) is 9.11. The SMILES string of the molecule is CCC(=O)OCCN(C)S(=O)(=O)c1ccc(N2N=C(c3ccc(Cl)cc3)CC2c2ccc(CC)cc2)cc1. The summed E-state index contributed by atoms with van der Waals surface area (Å²) in [5.41, 5.74) is 5.12. The summed E-state index contributed by atoms with van der Waals surface area (Å²) in [4.78, 5) is 11.5. The number of halogens is 1. The molecule has 0 saturated heterocycles. The number of likely N-dealkylation sites (N-methyl/N-ethyl adjacent to an activating group) is 1. The molecule has 0 amide bonds. The van der Waals surface area contributed by atoms with Crippen LogP contribution in [-0.4, -0.2) is 44.6 Å². The summed E-state index contributed by atoms with van der Waals surface area (Å²) in [6.07, 6.45) is 1.92. The molecule has 1 heterocycles. The number of carbonyl (C=O) groups is 1. The van der Waals surface area contributed by atoms with Gasteiger partial charge in [-0.25, -0.2) is 8.42 Å². The van der Waals surface area contributed by atoms with Crippen LogP contribution in [0.3, 0.4) is 0 Å². The van der Waals surface area contributed by atoms with Crippen LogP contribution >= 0.6 is 11.6 Å². The van der Waals surface area contributed by atoms with Gasteiger partial charge in [-0.2, -0.15) is 9.41 Å². The Balaban J connectivity index is 1.59. The first-order valence-corrected chi connectivity index (χ1v) is 14.5. The Labute approximate surface area is 229 Å². The van der Waals surface area contributed by atoms with Crippen molar-refractivity contribution in [2.24, 2.45) is 5.10 Å². The highest BCUT2D eigenvalue weighted by Crippen LogP contribution is 2.37. The van der Waals surface area contributed by atoms with Crippen LogP contribution in [-0.2, 0) is 26.0 Å². The van der Waals surface area contributed by atoms with Crippen molar-refractivity contribution in [3.05, 3.63) is 94.5 Å². The number of aryl methyl sites for hydroxylation is 1. The zero-order valence-electron chi connectivity index (χ0n) is 21.8. The number of hydrogen-bond donors (Lipinski definition) is 0. The maximum Gasteiger partial charge on any atom is 0.305 e. The van der Waals surface area contributed by atoms with Gasteiger partial charge in [0.15, 0.2) is 0 Å². The van der Waals surface area contributed by atoms with Gasteiger partial charge in [0.05, 0.1) is 22.3 Å². The molecule has 0 N–H and O–H groups in total. The van der Waals surface area contributed by atoms with Crippen LogP contribution in [0.25, 0.3) is 0 Å². The average Bonchev–Trinajstić information content (AvgIpc) is 3.38. The monoisotopic (exact) mass is 553 g/mol. The van der Waals surface area contributed by atoms with E-state index in [9.17, 15) is 13.2 Å². The lowest BCUT2D eigenvalue weighted by molar-refractivity contribution is -0.143. The van der Waals surface area contributed by atoms with Crippen molar-refractivity contribution in [1.82, 2.24) is 4.31 Å². The minimum Gasteiger partial charge on any atom is -0.464 e. The smallest absolute Gasteiger partial charge is 0.305 e. The third-order valence-electron chi connectivity index (χ3n) is 6.63. The zero-order chi connectivity index (χ0) is 27.3. The van der Waals surface area contributed by atoms with E-state index in [2.05, 4.69) is 31.2 Å². The largest absolute Gasteiger partial charge is 0.464 e. The Morgan fingerprint density at radius 1 is 1.03 bits per heavy atom. The number of nitrogens with zero attached hydrogens (tertiary/aromatic N) is 3. The van der Waals surface area contributed by atoms with Gasteiger partial charge >= 0.3 is 5.97 Å². The average molecular weight is 554 g/mol. The van der Waals surface area contributed by atoms with E-state index < -0.39 is 10.0 Å². The number of hydrogen-bond acceptors (Lipinski definition) is 6. The molecule has 0 aliphatic carbocycles. The number of anilines is 1. The van der Waals surface area contributed by atoms with Gasteiger partial charge in [-0.15, -0.1) is 0 Å². The van der Waals surface area contributed by atoms with Gasteiger partial charge in [0.1, 0.15) is 6.61 Å². The molecule has 7 nitrogen and oxygen atoms in total. The number of rotatable bonds is 10. The lowest BCUT2D eigenvalue weighted by Gasteiger charge is -2.24. The molecule has 1 unspecified atom stereocenters. The normalized spacial score (nSPS) is 15.6. The summed E-state index contributed by atoms with van der Waals surface area (Å²) in [6, 6.07) is 22.9. The molecule has 4 rings (SSSR count). The van der Waals surface area contributed by atoms with Crippen molar-refractivity contribution in [1.29, 1.82) is 0 Å². The highest BCUT2D eigenvalue weighted by atomic mass is 35.5. The van der Waals surface area contributed by atoms with Crippen LogP contribution in [0.2, 0.25) is 5.02 Å². The molecule has 1 aliphatic heterocycles. The van der Waals surface area contributed by atoms with Gasteiger partial charge in [0, 0.05) is 31.5 Å². The van der Waals surface area contributed by atoms with Gasteiger partial charge < -0.3 is 4.74 Å². The van der Waals surface area contributed by atoms with Gasteiger partial charge in [0.2, 0.25) is 10.0 Å². The first-order valence-electron chi connectivity index (χ1n) is 12.7. The fourth-order valence-electron chi connectivity index (χ4n) is 4.26. The molecular formula is C29H32ClN3O4S. The van der Waals surface area contributed by atoms with E-state index in [-0.39, 0.29) is 36.5 Å². The lowest BCUT2D eigenvalue weighted by atomic mass is 9.97. The van der Waals surface area contributed by atoms with Crippen molar-refractivity contribution in [2.45, 2.75) is 44.0 Å². The predicted octanol–water partition coefficient (Wildman–Crippen LogP) is 5.83. The summed E-state index contributed by atoms with van der Waals surface area (Å²) in [6.45, 7) is 3.91. The molecule has 0 bridgehead atoms. The molecule has 1 aliphatic rings. The second-order valence-corrected chi connectivity index (χ2v) is 11.6. The van der Waals surface area contributed by atoms with Crippen molar-refractivity contribution in [3.63, 3.8) is 0 Å². The summed E-state index contributed by atoms with van der Waals surface area (Å²) in [5.74, 6) is -0.358. The number of benzene rings is 3. The number of hydrazone groups is 1. The summed E-state index contributed by atoms with van der Waals surface area (Å²) < 4.78 is 32.3. The van der Waals surface area contributed by atoms with E-state index in [4.69, 9.17) is 21.4 Å². The molecule has 1 atom stereocenters. The van der Waals surface area contributed by atoms with Crippen LogP contribution in [0.1, 0.15) is 49.4 Å². The molecular weight excluding hydrogens is 522 g/mol. The molecule has 0 saturated carbocycles. The lowest BCUT2D eigenvalue weighted by Crippen LogP contribution is -2.30. The topological polar surface area (TPSA) is 79.3 Å². The Bertz CT molecular complexity index is 1390. The minimum absolute atomic E-state index is 0.00888. The molecule has 3 aromatic carbocycles. The Kier molecular flexibility index (Phi) is 8.87. The molecule has 9 heteroatoms. The minimum atomic E-state index is -3.74. The highest BCUT2D eigenvalue weighted by molar-refractivity contribution is 7.89. The first-order chi connectivity index (χ1) is 18.2. The van der Waals surface area contributed by atoms with E-state index in [1.807, 2.05) is 29.3 Å². The Morgan fingerprint density at radius 2 is 1.68 bits per heavy atom. The summed E-state index contributed by atoms with van der Waals surface area (Å²) in [7, 11) is -2.27. The van der Waals surface area contributed by atoms with Gasteiger partial charge in [0.25, 0.3) is 0 Å². The van der Waals surface area contributed by atoms with Crippen LogP contribution in [0.4, 0.5) is 5.69 Å². The second kappa shape index (κ2) is 12.1. The maximum atomic E-state index is 13.1.